The Morgan fingerprint density at radius 3 is 2.66 bits per heavy atom. The molecule has 2 amide bonds. The topological polar surface area (TPSA) is 61.9 Å². The first-order valence-electron chi connectivity index (χ1n) is 12.0. The average Bonchev–Trinajstić information content (AvgIpc) is 3.56. The minimum atomic E-state index is 0.149. The van der Waals surface area contributed by atoms with Crippen LogP contribution in [0.2, 0.25) is 0 Å². The number of piperidine rings is 3. The van der Waals surface area contributed by atoms with Crippen molar-refractivity contribution in [1.82, 2.24) is 15.1 Å². The second-order valence-corrected chi connectivity index (χ2v) is 9.63. The van der Waals surface area contributed by atoms with E-state index in [1.807, 2.05) is 6.92 Å². The van der Waals surface area contributed by atoms with Crippen LogP contribution in [0.3, 0.4) is 0 Å². The van der Waals surface area contributed by atoms with Crippen molar-refractivity contribution in [2.75, 3.05) is 39.4 Å². The Kier molecular flexibility index (Phi) is 7.12. The minimum absolute atomic E-state index is 0.149. The maximum Gasteiger partial charge on any atom is 0.248 e. The molecular formula is C23H39N3O3. The Bertz CT molecular complexity index is 578. The van der Waals surface area contributed by atoms with Crippen LogP contribution in [0.1, 0.15) is 64.7 Å². The molecule has 4 aliphatic rings. The van der Waals surface area contributed by atoms with Crippen molar-refractivity contribution in [2.24, 2.45) is 17.8 Å². The standard InChI is InChI=1S/C23H39N3O3/c1-2-29-16-22(28)26-15-18-6-4-12-25-13-5-7-19(23(18)25)20(26)8-3-9-21(27)24-14-17-10-11-17/h17-20,23H,2-16H2,1H3,(H,24,27)/t18-,19+,20+,23-/m0/s1. The first kappa shape index (κ1) is 21.1. The molecule has 0 bridgehead atoms. The third-order valence-electron chi connectivity index (χ3n) is 7.61. The van der Waals surface area contributed by atoms with Crippen LogP contribution in [-0.4, -0.2) is 73.1 Å². The third-order valence-corrected chi connectivity index (χ3v) is 7.61. The van der Waals surface area contributed by atoms with Crippen LogP contribution in [0.4, 0.5) is 0 Å². The van der Waals surface area contributed by atoms with Crippen molar-refractivity contribution >= 4 is 11.8 Å². The van der Waals surface area contributed by atoms with E-state index in [1.165, 1.54) is 51.6 Å². The van der Waals surface area contributed by atoms with Crippen LogP contribution in [0.25, 0.3) is 0 Å². The van der Waals surface area contributed by atoms with Gasteiger partial charge in [-0.05, 0) is 89.1 Å². The van der Waals surface area contributed by atoms with Crippen molar-refractivity contribution in [1.29, 1.82) is 0 Å². The highest BCUT2D eigenvalue weighted by Gasteiger charge is 2.49. The van der Waals surface area contributed by atoms with Crippen LogP contribution in [0, 0.1) is 17.8 Å². The van der Waals surface area contributed by atoms with E-state index >= 15 is 0 Å². The molecule has 3 aliphatic heterocycles. The van der Waals surface area contributed by atoms with Gasteiger partial charge in [-0.3, -0.25) is 14.5 Å². The summed E-state index contributed by atoms with van der Waals surface area (Å²) in [5.74, 6) is 2.22. The average molecular weight is 406 g/mol. The minimum Gasteiger partial charge on any atom is -0.372 e. The molecule has 0 aromatic rings. The fraction of sp³-hybridized carbons (Fsp3) is 0.913. The molecule has 3 heterocycles. The number of carbonyl (C=O) groups excluding carboxylic acids is 2. The van der Waals surface area contributed by atoms with Gasteiger partial charge in [0, 0.05) is 38.2 Å². The summed E-state index contributed by atoms with van der Waals surface area (Å²) in [6, 6.07) is 0.906. The second kappa shape index (κ2) is 9.78. The van der Waals surface area contributed by atoms with E-state index in [4.69, 9.17) is 4.74 Å². The molecule has 3 saturated heterocycles. The molecule has 1 N–H and O–H groups in total. The second-order valence-electron chi connectivity index (χ2n) is 9.63. The smallest absolute Gasteiger partial charge is 0.248 e. The number of nitrogens with zero attached hydrogens (tertiary/aromatic N) is 2. The van der Waals surface area contributed by atoms with Crippen LogP contribution in [0.15, 0.2) is 0 Å². The molecule has 0 aromatic heterocycles. The van der Waals surface area contributed by atoms with E-state index in [1.54, 1.807) is 0 Å². The lowest BCUT2D eigenvalue weighted by Crippen LogP contribution is -2.65. The number of hydrogen-bond acceptors (Lipinski definition) is 4. The summed E-state index contributed by atoms with van der Waals surface area (Å²) in [5, 5.41) is 3.09. The van der Waals surface area contributed by atoms with E-state index in [2.05, 4.69) is 15.1 Å². The Hall–Kier alpha value is -1.14. The predicted molar refractivity (Wildman–Crippen MR) is 112 cm³/mol. The monoisotopic (exact) mass is 405 g/mol. The lowest BCUT2D eigenvalue weighted by atomic mass is 9.69. The van der Waals surface area contributed by atoms with Gasteiger partial charge in [-0.2, -0.15) is 0 Å². The highest BCUT2D eigenvalue weighted by Crippen LogP contribution is 2.43. The van der Waals surface area contributed by atoms with E-state index in [9.17, 15) is 9.59 Å². The largest absolute Gasteiger partial charge is 0.372 e. The van der Waals surface area contributed by atoms with Crippen molar-refractivity contribution in [3.63, 3.8) is 0 Å². The van der Waals surface area contributed by atoms with Crippen molar-refractivity contribution in [2.45, 2.75) is 76.8 Å². The zero-order valence-electron chi connectivity index (χ0n) is 18.1. The summed E-state index contributed by atoms with van der Waals surface area (Å²) >= 11 is 0. The highest BCUT2D eigenvalue weighted by atomic mass is 16.5. The molecule has 164 valence electrons. The normalized spacial score (nSPS) is 32.0. The highest BCUT2D eigenvalue weighted by molar-refractivity contribution is 5.78. The molecule has 6 nitrogen and oxygen atoms in total. The van der Waals surface area contributed by atoms with E-state index in [0.717, 1.165) is 31.8 Å². The summed E-state index contributed by atoms with van der Waals surface area (Å²) < 4.78 is 5.47. The number of rotatable bonds is 9. The molecule has 4 atom stereocenters. The lowest BCUT2D eigenvalue weighted by Gasteiger charge is -2.57. The summed E-state index contributed by atoms with van der Waals surface area (Å²) in [4.78, 5) is 30.1. The number of hydrogen-bond donors (Lipinski definition) is 1. The van der Waals surface area contributed by atoms with Crippen LogP contribution in [0.5, 0.6) is 0 Å². The van der Waals surface area contributed by atoms with Gasteiger partial charge >= 0.3 is 0 Å². The molecule has 0 aromatic carbocycles. The molecule has 4 rings (SSSR count). The third kappa shape index (κ3) is 5.13. The van der Waals surface area contributed by atoms with Gasteiger partial charge in [0.25, 0.3) is 0 Å². The Morgan fingerprint density at radius 2 is 1.90 bits per heavy atom. The number of likely N-dealkylation sites (tertiary alicyclic amines) is 1. The van der Waals surface area contributed by atoms with Gasteiger partial charge in [0.15, 0.2) is 0 Å². The van der Waals surface area contributed by atoms with Crippen molar-refractivity contribution in [3.8, 4) is 0 Å². The van der Waals surface area contributed by atoms with Gasteiger partial charge in [-0.1, -0.05) is 0 Å². The molecule has 1 saturated carbocycles. The van der Waals surface area contributed by atoms with Crippen LogP contribution < -0.4 is 5.32 Å². The van der Waals surface area contributed by atoms with Gasteiger partial charge < -0.3 is 15.0 Å². The van der Waals surface area contributed by atoms with Crippen molar-refractivity contribution < 1.29 is 14.3 Å². The fourth-order valence-corrected chi connectivity index (χ4v) is 6.06. The van der Waals surface area contributed by atoms with Gasteiger partial charge in [0.05, 0.1) is 0 Å². The Labute approximate surface area is 175 Å². The Morgan fingerprint density at radius 1 is 1.10 bits per heavy atom. The SMILES string of the molecule is CCOCC(=O)N1C[C@@H]2CCCN3CCC[C@@H]([C@H]23)[C@H]1CCCC(=O)NCC1CC1. The van der Waals surface area contributed by atoms with Crippen LogP contribution >= 0.6 is 0 Å². The zero-order valence-corrected chi connectivity index (χ0v) is 18.1. The number of nitrogens with one attached hydrogen (secondary N) is 1. The molecule has 29 heavy (non-hydrogen) atoms. The molecule has 4 fully saturated rings. The van der Waals surface area contributed by atoms with Crippen molar-refractivity contribution in [3.05, 3.63) is 0 Å². The zero-order chi connectivity index (χ0) is 20.2. The first-order valence-corrected chi connectivity index (χ1v) is 12.0. The van der Waals surface area contributed by atoms with E-state index in [0.29, 0.717) is 30.9 Å². The van der Waals surface area contributed by atoms with Gasteiger partial charge in [-0.25, -0.2) is 0 Å². The predicted octanol–water partition coefficient (Wildman–Crippen LogP) is 2.42. The van der Waals surface area contributed by atoms with Gasteiger partial charge in [0.2, 0.25) is 11.8 Å². The number of carbonyl (C=O) groups is 2. The Balaban J connectivity index is 1.39. The van der Waals surface area contributed by atoms with E-state index < -0.39 is 0 Å². The van der Waals surface area contributed by atoms with E-state index in [-0.39, 0.29) is 24.5 Å². The quantitative estimate of drug-likeness (QED) is 0.640. The molecule has 0 spiro atoms. The molecule has 0 unspecified atom stereocenters. The first-order chi connectivity index (χ1) is 14.2. The lowest BCUT2D eigenvalue weighted by molar-refractivity contribution is -0.151. The molecule has 1 aliphatic carbocycles. The molecule has 6 heteroatoms. The summed E-state index contributed by atoms with van der Waals surface area (Å²) in [6.45, 7) is 6.89. The number of amides is 2. The summed E-state index contributed by atoms with van der Waals surface area (Å²) in [5.41, 5.74) is 0. The van der Waals surface area contributed by atoms with Crippen LogP contribution in [-0.2, 0) is 14.3 Å². The fourth-order valence-electron chi connectivity index (χ4n) is 6.06. The van der Waals surface area contributed by atoms with Gasteiger partial charge in [0.1, 0.15) is 6.61 Å². The molecule has 0 radical (unpaired) electrons. The molecular weight excluding hydrogens is 366 g/mol. The summed E-state index contributed by atoms with van der Waals surface area (Å²) in [6.07, 6.45) is 9.87. The maximum absolute atomic E-state index is 13.0. The number of ether oxygens (including phenoxy) is 1. The summed E-state index contributed by atoms with van der Waals surface area (Å²) in [7, 11) is 0. The maximum atomic E-state index is 13.0. The van der Waals surface area contributed by atoms with Gasteiger partial charge in [-0.15, -0.1) is 0 Å².